The molecule has 126 valence electrons. The van der Waals surface area contributed by atoms with Gasteiger partial charge in [0.1, 0.15) is 5.75 Å². The molecule has 1 atom stereocenters. The molecule has 0 aliphatic carbocycles. The normalized spacial score (nSPS) is 16.1. The zero-order valence-corrected chi connectivity index (χ0v) is 13.5. The number of aromatic amines is 1. The van der Waals surface area contributed by atoms with Crippen molar-refractivity contribution in [2.24, 2.45) is 0 Å². The summed E-state index contributed by atoms with van der Waals surface area (Å²) < 4.78 is 5.62. The fourth-order valence-corrected chi connectivity index (χ4v) is 3.20. The van der Waals surface area contributed by atoms with E-state index in [2.05, 4.69) is 15.5 Å². The molecule has 2 N–H and O–H groups in total. The first-order valence-electron chi connectivity index (χ1n) is 8.20. The number of para-hydroxylation sites is 1. The zero-order chi connectivity index (χ0) is 17.2. The largest absolute Gasteiger partial charge is 0.493 e. The summed E-state index contributed by atoms with van der Waals surface area (Å²) in [6.07, 6.45) is 0.833. The van der Waals surface area contributed by atoms with Crippen LogP contribution >= 0.6 is 0 Å². The molecule has 25 heavy (non-hydrogen) atoms. The summed E-state index contributed by atoms with van der Waals surface area (Å²) in [6, 6.07) is 14.8. The number of nitrogens with zero attached hydrogens (tertiary/aromatic N) is 1. The van der Waals surface area contributed by atoms with Gasteiger partial charge in [-0.15, -0.1) is 0 Å². The quantitative estimate of drug-likeness (QED) is 0.768. The van der Waals surface area contributed by atoms with Crippen LogP contribution in [-0.4, -0.2) is 22.7 Å². The molecule has 0 radical (unpaired) electrons. The van der Waals surface area contributed by atoms with Crippen molar-refractivity contribution in [3.63, 3.8) is 0 Å². The second-order valence-electron chi connectivity index (χ2n) is 6.02. The van der Waals surface area contributed by atoms with Crippen LogP contribution < -0.4 is 15.6 Å². The summed E-state index contributed by atoms with van der Waals surface area (Å²) in [5, 5.41) is 10.8. The first-order chi connectivity index (χ1) is 12.2. The Labute approximate surface area is 143 Å². The van der Waals surface area contributed by atoms with Gasteiger partial charge in [-0.05, 0) is 12.1 Å². The molecule has 2 aromatic carbocycles. The Hall–Kier alpha value is -3.15. The van der Waals surface area contributed by atoms with Gasteiger partial charge in [-0.25, -0.2) is 5.10 Å². The standard InChI is InChI=1S/C19H17N3O3/c23-18(20-15-9-10-25-17-8-4-3-7-14(15)17)11-16-12-5-1-2-6-13(12)19(24)22-21-16/h1-8,15H,9-11H2,(H,20,23)(H,22,24)/t15-/m0/s1. The fraction of sp³-hybridized carbons (Fsp3) is 0.211. The molecule has 1 amide bonds. The van der Waals surface area contributed by atoms with Gasteiger partial charge in [-0.1, -0.05) is 36.4 Å². The summed E-state index contributed by atoms with van der Waals surface area (Å²) >= 11 is 0. The molecule has 0 spiro atoms. The van der Waals surface area contributed by atoms with Crippen molar-refractivity contribution in [3.8, 4) is 5.75 Å². The molecule has 0 fully saturated rings. The van der Waals surface area contributed by atoms with E-state index in [1.165, 1.54) is 0 Å². The number of benzene rings is 2. The van der Waals surface area contributed by atoms with E-state index in [-0.39, 0.29) is 23.9 Å². The number of fused-ring (bicyclic) bond motifs is 2. The number of hydrogen-bond acceptors (Lipinski definition) is 4. The third-order valence-electron chi connectivity index (χ3n) is 4.40. The SMILES string of the molecule is O=C(Cc1n[nH]c(=O)c2ccccc12)N[C@H]1CCOc2ccccc21. The van der Waals surface area contributed by atoms with Gasteiger partial charge >= 0.3 is 0 Å². The van der Waals surface area contributed by atoms with Gasteiger partial charge in [0.05, 0.1) is 30.1 Å². The number of H-pyrrole nitrogens is 1. The Morgan fingerprint density at radius 3 is 2.80 bits per heavy atom. The molecule has 2 heterocycles. The number of nitrogens with one attached hydrogen (secondary N) is 2. The maximum Gasteiger partial charge on any atom is 0.272 e. The lowest BCUT2D eigenvalue weighted by atomic mass is 10.00. The van der Waals surface area contributed by atoms with Crippen LogP contribution in [0.25, 0.3) is 10.8 Å². The molecule has 0 bridgehead atoms. The van der Waals surface area contributed by atoms with E-state index in [1.54, 1.807) is 12.1 Å². The van der Waals surface area contributed by atoms with Crippen LogP contribution in [0.15, 0.2) is 53.3 Å². The minimum atomic E-state index is -0.252. The van der Waals surface area contributed by atoms with Crippen molar-refractivity contribution < 1.29 is 9.53 Å². The number of rotatable bonds is 3. The van der Waals surface area contributed by atoms with E-state index >= 15 is 0 Å². The van der Waals surface area contributed by atoms with Crippen LogP contribution in [0.2, 0.25) is 0 Å². The number of hydrogen-bond donors (Lipinski definition) is 2. The monoisotopic (exact) mass is 335 g/mol. The Bertz CT molecular complexity index is 996. The van der Waals surface area contributed by atoms with Crippen LogP contribution in [0.1, 0.15) is 23.7 Å². The van der Waals surface area contributed by atoms with Crippen LogP contribution in [0.3, 0.4) is 0 Å². The lowest BCUT2D eigenvalue weighted by Gasteiger charge is -2.26. The minimum Gasteiger partial charge on any atom is -0.493 e. The van der Waals surface area contributed by atoms with Crippen molar-refractivity contribution in [3.05, 3.63) is 70.1 Å². The van der Waals surface area contributed by atoms with Crippen molar-refractivity contribution in [1.82, 2.24) is 15.5 Å². The molecule has 6 heteroatoms. The van der Waals surface area contributed by atoms with Crippen LogP contribution in [-0.2, 0) is 11.2 Å². The Morgan fingerprint density at radius 2 is 1.92 bits per heavy atom. The van der Waals surface area contributed by atoms with Gasteiger partial charge in [0.2, 0.25) is 5.91 Å². The summed E-state index contributed by atoms with van der Waals surface area (Å²) in [5.74, 6) is 0.679. The van der Waals surface area contributed by atoms with Crippen molar-refractivity contribution in [2.45, 2.75) is 18.9 Å². The molecule has 4 rings (SSSR count). The topological polar surface area (TPSA) is 84.1 Å². The van der Waals surface area contributed by atoms with E-state index in [0.29, 0.717) is 23.1 Å². The summed E-state index contributed by atoms with van der Waals surface area (Å²) in [5.41, 5.74) is 1.30. The number of ether oxygens (including phenoxy) is 1. The molecule has 1 aliphatic rings. The van der Waals surface area contributed by atoms with Crippen LogP contribution in [0.4, 0.5) is 0 Å². The number of carbonyl (C=O) groups is 1. The van der Waals surface area contributed by atoms with E-state index in [1.807, 2.05) is 36.4 Å². The number of amides is 1. The maximum absolute atomic E-state index is 12.5. The number of carbonyl (C=O) groups excluding carboxylic acids is 1. The molecular weight excluding hydrogens is 318 g/mol. The summed E-state index contributed by atoms with van der Waals surface area (Å²) in [6.45, 7) is 0.571. The van der Waals surface area contributed by atoms with E-state index in [9.17, 15) is 9.59 Å². The van der Waals surface area contributed by atoms with E-state index in [4.69, 9.17) is 4.74 Å². The fourth-order valence-electron chi connectivity index (χ4n) is 3.20. The van der Waals surface area contributed by atoms with Crippen molar-refractivity contribution >= 4 is 16.7 Å². The molecule has 1 aliphatic heterocycles. The first kappa shape index (κ1) is 15.4. The molecule has 0 unspecified atom stereocenters. The second kappa shape index (κ2) is 6.39. The van der Waals surface area contributed by atoms with Crippen LogP contribution in [0.5, 0.6) is 5.75 Å². The van der Waals surface area contributed by atoms with Crippen LogP contribution in [0, 0.1) is 0 Å². The van der Waals surface area contributed by atoms with Gasteiger partial charge in [0.15, 0.2) is 0 Å². The molecule has 0 saturated heterocycles. The molecular formula is C19H17N3O3. The van der Waals surface area contributed by atoms with Crippen molar-refractivity contribution in [2.75, 3.05) is 6.61 Å². The lowest BCUT2D eigenvalue weighted by molar-refractivity contribution is -0.121. The average molecular weight is 335 g/mol. The minimum absolute atomic E-state index is 0.0773. The average Bonchev–Trinajstić information content (AvgIpc) is 2.65. The van der Waals surface area contributed by atoms with Gasteiger partial charge in [0, 0.05) is 17.4 Å². The predicted molar refractivity (Wildman–Crippen MR) is 93.5 cm³/mol. The highest BCUT2D eigenvalue weighted by atomic mass is 16.5. The summed E-state index contributed by atoms with van der Waals surface area (Å²) in [7, 11) is 0. The molecule has 0 saturated carbocycles. The highest BCUT2D eigenvalue weighted by Gasteiger charge is 2.23. The first-order valence-corrected chi connectivity index (χ1v) is 8.20. The van der Waals surface area contributed by atoms with Crippen molar-refractivity contribution in [1.29, 1.82) is 0 Å². The third kappa shape index (κ3) is 2.98. The molecule has 6 nitrogen and oxygen atoms in total. The Kier molecular flexibility index (Phi) is 3.93. The second-order valence-corrected chi connectivity index (χ2v) is 6.02. The van der Waals surface area contributed by atoms with Gasteiger partial charge < -0.3 is 10.1 Å². The number of aromatic nitrogens is 2. The molecule has 3 aromatic rings. The third-order valence-corrected chi connectivity index (χ3v) is 4.40. The highest BCUT2D eigenvalue weighted by molar-refractivity contribution is 5.88. The Morgan fingerprint density at radius 1 is 1.16 bits per heavy atom. The van der Waals surface area contributed by atoms with E-state index in [0.717, 1.165) is 17.7 Å². The summed E-state index contributed by atoms with van der Waals surface area (Å²) in [4.78, 5) is 24.4. The van der Waals surface area contributed by atoms with E-state index < -0.39 is 0 Å². The highest BCUT2D eigenvalue weighted by Crippen LogP contribution is 2.31. The predicted octanol–water partition coefficient (Wildman–Crippen LogP) is 2.11. The zero-order valence-electron chi connectivity index (χ0n) is 13.5. The maximum atomic E-state index is 12.5. The molecule has 1 aromatic heterocycles. The lowest BCUT2D eigenvalue weighted by Crippen LogP contribution is -2.33. The Balaban J connectivity index is 1.56. The van der Waals surface area contributed by atoms with Gasteiger partial charge in [-0.3, -0.25) is 9.59 Å². The van der Waals surface area contributed by atoms with Gasteiger partial charge in [0.25, 0.3) is 5.56 Å². The smallest absolute Gasteiger partial charge is 0.272 e. The van der Waals surface area contributed by atoms with Gasteiger partial charge in [-0.2, -0.15) is 5.10 Å².